The van der Waals surface area contributed by atoms with Gasteiger partial charge in [-0.25, -0.2) is 0 Å². The fraction of sp³-hybridized carbons (Fsp3) is 0.609. The third-order valence-corrected chi connectivity index (χ3v) is 7.65. The van der Waals surface area contributed by atoms with Gasteiger partial charge in [0.2, 0.25) is 0 Å². The first kappa shape index (κ1) is 17.8. The zero-order valence-corrected chi connectivity index (χ0v) is 16.2. The Morgan fingerprint density at radius 3 is 2.96 bits per heavy atom. The zero-order valence-electron chi connectivity index (χ0n) is 16.2. The van der Waals surface area contributed by atoms with Gasteiger partial charge in [-0.1, -0.05) is 25.1 Å². The Morgan fingerprint density at radius 2 is 2.23 bits per heavy atom. The lowest BCUT2D eigenvalue weighted by Gasteiger charge is -2.61. The maximum absolute atomic E-state index is 12.7. The van der Waals surface area contributed by atoms with Crippen molar-refractivity contribution in [2.24, 2.45) is 5.41 Å². The molecular formula is C23H31NO2. The number of benzene rings is 1. The minimum absolute atomic E-state index is 0.0716. The molecule has 2 aliphatic carbocycles. The average Bonchev–Trinajstić information content (AvgIpc) is 2.73. The highest BCUT2D eigenvalue weighted by molar-refractivity contribution is 5.82. The largest absolute Gasteiger partial charge is 0.496 e. The van der Waals surface area contributed by atoms with Crippen molar-refractivity contribution in [2.45, 2.75) is 63.3 Å². The first-order valence-electron chi connectivity index (χ1n) is 10.1. The number of nitrogens with zero attached hydrogens (tertiary/aromatic N) is 1. The number of rotatable bonds is 4. The van der Waals surface area contributed by atoms with Gasteiger partial charge in [0.15, 0.2) is 0 Å². The van der Waals surface area contributed by atoms with Crippen molar-refractivity contribution in [3.8, 4) is 5.75 Å². The number of carbonyl (C=O) groups excluding carboxylic acids is 1. The van der Waals surface area contributed by atoms with E-state index < -0.39 is 0 Å². The Balaban J connectivity index is 2.00. The molecule has 1 saturated carbocycles. The van der Waals surface area contributed by atoms with Crippen molar-refractivity contribution in [1.29, 1.82) is 0 Å². The molecule has 3 heteroatoms. The minimum Gasteiger partial charge on any atom is -0.496 e. The van der Waals surface area contributed by atoms with Gasteiger partial charge >= 0.3 is 0 Å². The molecule has 3 aliphatic rings. The molecule has 0 aromatic heterocycles. The lowest BCUT2D eigenvalue weighted by atomic mass is 9.44. The zero-order chi connectivity index (χ0) is 18.4. The van der Waals surface area contributed by atoms with Crippen LogP contribution in [0, 0.1) is 5.41 Å². The van der Waals surface area contributed by atoms with E-state index in [1.807, 2.05) is 6.08 Å². The van der Waals surface area contributed by atoms with Crippen LogP contribution in [-0.4, -0.2) is 36.9 Å². The Bertz CT molecular complexity index is 727. The topological polar surface area (TPSA) is 29.5 Å². The first-order valence-corrected chi connectivity index (χ1v) is 10.1. The molecule has 1 heterocycles. The van der Waals surface area contributed by atoms with Crippen molar-refractivity contribution in [2.75, 3.05) is 20.2 Å². The van der Waals surface area contributed by atoms with E-state index in [2.05, 4.69) is 36.6 Å². The van der Waals surface area contributed by atoms with Gasteiger partial charge in [0.05, 0.1) is 7.11 Å². The molecule has 1 aromatic rings. The number of methoxy groups -OCH3 is 1. The molecule has 1 aromatic carbocycles. The van der Waals surface area contributed by atoms with Crippen molar-refractivity contribution in [3.05, 3.63) is 42.0 Å². The van der Waals surface area contributed by atoms with Crippen LogP contribution in [-0.2, 0) is 16.6 Å². The predicted octanol–water partition coefficient (Wildman–Crippen LogP) is 4.29. The van der Waals surface area contributed by atoms with Gasteiger partial charge in [-0.05, 0) is 55.7 Å². The summed E-state index contributed by atoms with van der Waals surface area (Å²) >= 11 is 0. The van der Waals surface area contributed by atoms with E-state index in [0.29, 0.717) is 18.2 Å². The van der Waals surface area contributed by atoms with E-state index in [1.165, 1.54) is 11.1 Å². The highest BCUT2D eigenvalue weighted by Gasteiger charge is 2.63. The molecule has 1 saturated heterocycles. The van der Waals surface area contributed by atoms with Gasteiger partial charge in [0.25, 0.3) is 0 Å². The van der Waals surface area contributed by atoms with E-state index in [0.717, 1.165) is 57.4 Å². The summed E-state index contributed by atoms with van der Waals surface area (Å²) in [5.41, 5.74) is 2.83. The second-order valence-corrected chi connectivity index (χ2v) is 8.41. The van der Waals surface area contributed by atoms with Crippen LogP contribution in [0.25, 0.3) is 0 Å². The number of hydrogen-bond donors (Lipinski definition) is 0. The number of Topliss-reactive ketones (excluding diaryl/α,β-unsaturated/α-hetero) is 1. The standard InChI is InChI=1S/C23H31NO2/c1-4-13-24-14-7-11-23-16-18(25)10-12-22(23,5-2)20(24)15-17-8-6-9-19(26-3)21(17)23/h4,6,8-9,20H,1,5,7,10-16H2,2-3H3. The van der Waals surface area contributed by atoms with Crippen molar-refractivity contribution in [3.63, 3.8) is 0 Å². The number of ether oxygens (including phenoxy) is 1. The van der Waals surface area contributed by atoms with Crippen molar-refractivity contribution in [1.82, 2.24) is 4.90 Å². The number of fused-ring (bicyclic) bond motifs is 1. The molecule has 4 rings (SSSR count). The monoisotopic (exact) mass is 353 g/mol. The summed E-state index contributed by atoms with van der Waals surface area (Å²) in [5, 5.41) is 0. The lowest BCUT2D eigenvalue weighted by Crippen LogP contribution is -2.62. The summed E-state index contributed by atoms with van der Waals surface area (Å²) in [7, 11) is 1.78. The molecule has 2 bridgehead atoms. The van der Waals surface area contributed by atoms with E-state index in [1.54, 1.807) is 7.11 Å². The van der Waals surface area contributed by atoms with Gasteiger partial charge < -0.3 is 4.74 Å². The maximum atomic E-state index is 12.7. The summed E-state index contributed by atoms with van der Waals surface area (Å²) < 4.78 is 5.85. The normalized spacial score (nSPS) is 33.8. The van der Waals surface area contributed by atoms with Crippen LogP contribution in [0.4, 0.5) is 0 Å². The molecule has 0 N–H and O–H groups in total. The molecule has 0 radical (unpaired) electrons. The van der Waals surface area contributed by atoms with Gasteiger partial charge in [0.1, 0.15) is 11.5 Å². The smallest absolute Gasteiger partial charge is 0.133 e. The van der Waals surface area contributed by atoms with Crippen molar-refractivity contribution >= 4 is 5.78 Å². The summed E-state index contributed by atoms with van der Waals surface area (Å²) in [6.45, 7) is 8.39. The molecule has 0 amide bonds. The van der Waals surface area contributed by atoms with E-state index in [9.17, 15) is 4.79 Å². The first-order chi connectivity index (χ1) is 12.6. The Kier molecular flexibility index (Phi) is 4.46. The molecule has 1 aliphatic heterocycles. The Labute approximate surface area is 157 Å². The number of ketones is 1. The SMILES string of the molecule is C=CCN1CCCC23CC(=O)CCC2(CC)C1Cc1cccc(OC)c13. The van der Waals surface area contributed by atoms with Crippen LogP contribution >= 0.6 is 0 Å². The molecule has 3 unspecified atom stereocenters. The van der Waals surface area contributed by atoms with Crippen LogP contribution in [0.2, 0.25) is 0 Å². The van der Waals surface area contributed by atoms with Gasteiger partial charge in [-0.2, -0.15) is 0 Å². The van der Waals surface area contributed by atoms with E-state index in [4.69, 9.17) is 4.74 Å². The second-order valence-electron chi connectivity index (χ2n) is 8.41. The summed E-state index contributed by atoms with van der Waals surface area (Å²) in [6, 6.07) is 6.96. The Hall–Kier alpha value is -1.61. The molecule has 0 spiro atoms. The van der Waals surface area contributed by atoms with Gasteiger partial charge in [-0.3, -0.25) is 9.69 Å². The fourth-order valence-corrected chi connectivity index (χ4v) is 6.71. The van der Waals surface area contributed by atoms with Crippen LogP contribution in [0.15, 0.2) is 30.9 Å². The molecule has 3 nitrogen and oxygen atoms in total. The van der Waals surface area contributed by atoms with E-state index in [-0.39, 0.29) is 10.8 Å². The maximum Gasteiger partial charge on any atom is 0.133 e. The minimum atomic E-state index is -0.0716. The van der Waals surface area contributed by atoms with Crippen LogP contribution in [0.1, 0.15) is 56.6 Å². The molecule has 140 valence electrons. The number of likely N-dealkylation sites (tertiary alicyclic amines) is 1. The molecular weight excluding hydrogens is 322 g/mol. The second kappa shape index (κ2) is 6.53. The highest BCUT2D eigenvalue weighted by atomic mass is 16.5. The number of hydrogen-bond acceptors (Lipinski definition) is 3. The van der Waals surface area contributed by atoms with Crippen LogP contribution < -0.4 is 4.74 Å². The number of carbonyl (C=O) groups is 1. The summed E-state index contributed by atoms with van der Waals surface area (Å²) in [5.74, 6) is 1.43. The highest BCUT2D eigenvalue weighted by Crippen LogP contribution is 2.64. The van der Waals surface area contributed by atoms with Crippen LogP contribution in [0.3, 0.4) is 0 Å². The average molecular weight is 354 g/mol. The lowest BCUT2D eigenvalue weighted by molar-refractivity contribution is -0.130. The molecule has 26 heavy (non-hydrogen) atoms. The summed E-state index contributed by atoms with van der Waals surface area (Å²) in [4.78, 5) is 15.4. The van der Waals surface area contributed by atoms with Gasteiger partial charge in [-0.15, -0.1) is 6.58 Å². The Morgan fingerprint density at radius 1 is 1.38 bits per heavy atom. The quantitative estimate of drug-likeness (QED) is 0.756. The predicted molar refractivity (Wildman–Crippen MR) is 105 cm³/mol. The third kappa shape index (κ3) is 2.26. The fourth-order valence-electron chi connectivity index (χ4n) is 6.71. The van der Waals surface area contributed by atoms with Crippen molar-refractivity contribution < 1.29 is 9.53 Å². The van der Waals surface area contributed by atoms with E-state index >= 15 is 0 Å². The molecule has 3 atom stereocenters. The van der Waals surface area contributed by atoms with Crippen LogP contribution in [0.5, 0.6) is 5.75 Å². The summed E-state index contributed by atoms with van der Waals surface area (Å²) in [6.07, 6.45) is 8.88. The third-order valence-electron chi connectivity index (χ3n) is 7.65. The van der Waals surface area contributed by atoms with Gasteiger partial charge in [0, 0.05) is 36.4 Å². The molecule has 2 fully saturated rings.